The normalized spacial score (nSPS) is 21.4. The van der Waals surface area contributed by atoms with E-state index in [1.165, 1.54) is 0 Å². The molecule has 10 nitrogen and oxygen atoms in total. The maximum atomic E-state index is 13.8. The molecule has 0 aliphatic carbocycles. The highest BCUT2D eigenvalue weighted by Gasteiger charge is 2.50. The van der Waals surface area contributed by atoms with Crippen molar-refractivity contribution < 1.29 is 33.7 Å². The number of hydrogen-bond acceptors (Lipinski definition) is 8. The molecular weight excluding hydrogens is 538 g/mol. The van der Waals surface area contributed by atoms with E-state index in [4.69, 9.17) is 14.2 Å². The summed E-state index contributed by atoms with van der Waals surface area (Å²) in [5, 5.41) is 16.5. The van der Waals surface area contributed by atoms with Crippen LogP contribution in [0.1, 0.15) is 31.4 Å². The first-order chi connectivity index (χ1) is 20.2. The lowest BCUT2D eigenvalue weighted by Crippen LogP contribution is -2.55. The highest BCUT2D eigenvalue weighted by molar-refractivity contribution is 5.98. The number of epoxide rings is 1. The van der Waals surface area contributed by atoms with Crippen LogP contribution in [0.3, 0.4) is 0 Å². The minimum absolute atomic E-state index is 0.200. The number of nitrogens with one attached hydrogen (secondary N) is 2. The number of amides is 2. The van der Waals surface area contributed by atoms with Crippen molar-refractivity contribution in [1.82, 2.24) is 15.5 Å². The van der Waals surface area contributed by atoms with Crippen molar-refractivity contribution in [1.29, 1.82) is 0 Å². The zero-order valence-corrected chi connectivity index (χ0v) is 24.7. The van der Waals surface area contributed by atoms with Crippen LogP contribution >= 0.6 is 0 Å². The molecule has 3 N–H and O–H groups in total. The molecule has 0 bridgehead atoms. The predicted molar refractivity (Wildman–Crippen MR) is 157 cm³/mol. The van der Waals surface area contributed by atoms with E-state index in [2.05, 4.69) is 15.5 Å². The Balaban J connectivity index is 1.46. The van der Waals surface area contributed by atoms with Gasteiger partial charge in [0, 0.05) is 32.0 Å². The van der Waals surface area contributed by atoms with Gasteiger partial charge in [0.25, 0.3) is 0 Å². The van der Waals surface area contributed by atoms with Crippen molar-refractivity contribution >= 4 is 17.6 Å². The summed E-state index contributed by atoms with van der Waals surface area (Å²) in [4.78, 5) is 42.5. The van der Waals surface area contributed by atoms with Crippen LogP contribution in [0, 0.1) is 5.92 Å². The summed E-state index contributed by atoms with van der Waals surface area (Å²) < 4.78 is 16.0. The molecule has 0 spiro atoms. The molecular formula is C32H43N3O7. The molecule has 0 aromatic heterocycles. The number of carbonyl (C=O) groups excluding carboxylic acids is 3. The second-order valence-corrected chi connectivity index (χ2v) is 11.5. The van der Waals surface area contributed by atoms with Gasteiger partial charge in [-0.1, -0.05) is 49.4 Å². The molecule has 2 aromatic rings. The number of hydrogen-bond donors (Lipinski definition) is 3. The van der Waals surface area contributed by atoms with Crippen LogP contribution in [-0.2, 0) is 36.7 Å². The van der Waals surface area contributed by atoms with Gasteiger partial charge in [-0.25, -0.2) is 0 Å². The van der Waals surface area contributed by atoms with Crippen LogP contribution in [0.15, 0.2) is 54.6 Å². The quantitative estimate of drug-likeness (QED) is 0.270. The van der Waals surface area contributed by atoms with Crippen molar-refractivity contribution in [2.45, 2.75) is 56.9 Å². The molecule has 2 aliphatic heterocycles. The molecule has 42 heavy (non-hydrogen) atoms. The van der Waals surface area contributed by atoms with Crippen molar-refractivity contribution in [2.75, 3.05) is 46.6 Å². The first-order valence-corrected chi connectivity index (χ1v) is 14.6. The Hall–Kier alpha value is -3.31. The molecule has 4 rings (SSSR count). The molecule has 0 radical (unpaired) electrons. The Bertz CT molecular complexity index is 1180. The van der Waals surface area contributed by atoms with Gasteiger partial charge < -0.3 is 30.0 Å². The third-order valence-electron chi connectivity index (χ3n) is 7.89. The van der Waals surface area contributed by atoms with E-state index in [1.807, 2.05) is 42.5 Å². The molecule has 10 heteroatoms. The number of nitrogens with zero attached hydrogens (tertiary/aromatic N) is 1. The number of morpholine rings is 1. The number of methoxy groups -OCH3 is 1. The standard InChI is InChI=1S/C32H43N3O7/c1-22(17-25(36)20-35-13-15-41-16-14-35)30(38)34-28(19-24-9-11-26(40-3)12-10-24)31(39)33-27(29(37)32(2)21-42-32)18-23-7-5-4-6-8-23/h4-12,22,25,27-28,36H,13-21H2,1-3H3,(H,33,39)(H,34,38). The topological polar surface area (TPSA) is 130 Å². The van der Waals surface area contributed by atoms with E-state index in [9.17, 15) is 19.5 Å². The molecule has 0 saturated carbocycles. The fourth-order valence-corrected chi connectivity index (χ4v) is 5.14. The lowest BCUT2D eigenvalue weighted by molar-refractivity contribution is -0.134. The lowest BCUT2D eigenvalue weighted by Gasteiger charge is -2.29. The largest absolute Gasteiger partial charge is 0.497 e. The number of ether oxygens (including phenoxy) is 3. The number of carbonyl (C=O) groups is 3. The molecule has 2 aliphatic rings. The molecule has 5 unspecified atom stereocenters. The van der Waals surface area contributed by atoms with Crippen LogP contribution in [-0.4, -0.2) is 98.0 Å². The number of Topliss-reactive ketones (excluding diaryl/α,β-unsaturated/α-hetero) is 1. The van der Waals surface area contributed by atoms with E-state index in [-0.39, 0.29) is 24.5 Å². The average Bonchev–Trinajstić information content (AvgIpc) is 3.75. The van der Waals surface area contributed by atoms with Gasteiger partial charge in [-0.15, -0.1) is 0 Å². The third-order valence-corrected chi connectivity index (χ3v) is 7.89. The summed E-state index contributed by atoms with van der Waals surface area (Å²) >= 11 is 0. The van der Waals surface area contributed by atoms with Gasteiger partial charge in [-0.2, -0.15) is 0 Å². The number of β-amino-alcohol motifs (C(OH)–C–C–N with tert-alkyl or cyclic N) is 1. The second-order valence-electron chi connectivity index (χ2n) is 11.5. The van der Waals surface area contributed by atoms with Gasteiger partial charge in [-0.3, -0.25) is 19.3 Å². The molecule has 2 heterocycles. The van der Waals surface area contributed by atoms with Crippen molar-refractivity contribution in [3.8, 4) is 5.75 Å². The fraction of sp³-hybridized carbons (Fsp3) is 0.531. The number of rotatable bonds is 15. The van der Waals surface area contributed by atoms with E-state index in [0.717, 1.165) is 24.2 Å². The Morgan fingerprint density at radius 2 is 1.55 bits per heavy atom. The van der Waals surface area contributed by atoms with Crippen molar-refractivity contribution in [2.24, 2.45) is 5.92 Å². The third kappa shape index (κ3) is 9.09. The summed E-state index contributed by atoms with van der Waals surface area (Å²) in [5.41, 5.74) is 0.797. The van der Waals surface area contributed by atoms with Gasteiger partial charge in [0.05, 0.1) is 39.1 Å². The number of aliphatic hydroxyl groups is 1. The maximum Gasteiger partial charge on any atom is 0.243 e. The predicted octanol–water partition coefficient (Wildman–Crippen LogP) is 1.53. The minimum atomic E-state index is -0.941. The number of ketones is 1. The summed E-state index contributed by atoms with van der Waals surface area (Å²) in [6, 6.07) is 15.0. The lowest BCUT2D eigenvalue weighted by atomic mass is 9.94. The van der Waals surface area contributed by atoms with Crippen molar-refractivity contribution in [3.63, 3.8) is 0 Å². The molecule has 228 valence electrons. The fourth-order valence-electron chi connectivity index (χ4n) is 5.14. The average molecular weight is 582 g/mol. The van der Waals surface area contributed by atoms with E-state index in [0.29, 0.717) is 38.5 Å². The molecule has 5 atom stereocenters. The highest BCUT2D eigenvalue weighted by atomic mass is 16.6. The summed E-state index contributed by atoms with van der Waals surface area (Å²) in [5.74, 6) is -0.855. The van der Waals surface area contributed by atoms with Crippen LogP contribution in [0.5, 0.6) is 5.75 Å². The van der Waals surface area contributed by atoms with Crippen LogP contribution in [0.2, 0.25) is 0 Å². The first kappa shape index (κ1) is 31.6. The minimum Gasteiger partial charge on any atom is -0.497 e. The van der Waals surface area contributed by atoms with Crippen LogP contribution in [0.25, 0.3) is 0 Å². The Labute approximate surface area is 247 Å². The molecule has 2 aromatic carbocycles. The summed E-state index contributed by atoms with van der Waals surface area (Å²) in [6.07, 6.45) is 0.0811. The zero-order valence-electron chi connectivity index (χ0n) is 24.7. The van der Waals surface area contributed by atoms with Gasteiger partial charge in [-0.05, 0) is 43.0 Å². The smallest absolute Gasteiger partial charge is 0.243 e. The monoisotopic (exact) mass is 581 g/mol. The van der Waals surface area contributed by atoms with E-state index < -0.39 is 35.6 Å². The highest BCUT2D eigenvalue weighted by Crippen LogP contribution is 2.29. The van der Waals surface area contributed by atoms with Gasteiger partial charge >= 0.3 is 0 Å². The maximum absolute atomic E-state index is 13.8. The summed E-state index contributed by atoms with van der Waals surface area (Å²) in [7, 11) is 1.58. The Morgan fingerprint density at radius 3 is 2.17 bits per heavy atom. The number of aliphatic hydroxyl groups excluding tert-OH is 1. The number of benzene rings is 2. The first-order valence-electron chi connectivity index (χ1n) is 14.6. The Kier molecular flexibility index (Phi) is 11.1. The molecule has 2 fully saturated rings. The zero-order chi connectivity index (χ0) is 30.1. The second kappa shape index (κ2) is 14.7. The van der Waals surface area contributed by atoms with Gasteiger partial charge in [0.2, 0.25) is 11.8 Å². The van der Waals surface area contributed by atoms with Gasteiger partial charge in [0.1, 0.15) is 17.4 Å². The van der Waals surface area contributed by atoms with Gasteiger partial charge in [0.15, 0.2) is 5.78 Å². The molecule has 2 amide bonds. The van der Waals surface area contributed by atoms with Crippen LogP contribution in [0.4, 0.5) is 0 Å². The summed E-state index contributed by atoms with van der Waals surface area (Å²) in [6.45, 7) is 6.98. The molecule has 2 saturated heterocycles. The SMILES string of the molecule is COc1ccc(CC(NC(=O)C(C)CC(O)CN2CCOCC2)C(=O)NC(Cc2ccccc2)C(=O)C2(C)CO2)cc1. The van der Waals surface area contributed by atoms with E-state index >= 15 is 0 Å². The Morgan fingerprint density at radius 1 is 0.952 bits per heavy atom. The van der Waals surface area contributed by atoms with E-state index in [1.54, 1.807) is 33.1 Å². The van der Waals surface area contributed by atoms with Crippen LogP contribution < -0.4 is 15.4 Å². The van der Waals surface area contributed by atoms with Crippen molar-refractivity contribution in [3.05, 3.63) is 65.7 Å².